The van der Waals surface area contributed by atoms with Crippen LogP contribution in [0.2, 0.25) is 0 Å². The van der Waals surface area contributed by atoms with Gasteiger partial charge in [-0.05, 0) is 30.4 Å². The second-order valence-electron chi connectivity index (χ2n) is 6.38. The quantitative estimate of drug-likeness (QED) is 0.783. The second-order valence-corrected chi connectivity index (χ2v) is 7.33. The van der Waals surface area contributed by atoms with Gasteiger partial charge in [-0.25, -0.2) is 4.68 Å². The molecule has 0 aliphatic heterocycles. The van der Waals surface area contributed by atoms with Crippen LogP contribution in [0.3, 0.4) is 0 Å². The summed E-state index contributed by atoms with van der Waals surface area (Å²) < 4.78 is 1.29. The molecule has 1 fully saturated rings. The van der Waals surface area contributed by atoms with Crippen molar-refractivity contribution in [3.63, 3.8) is 0 Å². The largest absolute Gasteiger partial charge is 0.352 e. The number of nitrogens with one attached hydrogen (secondary N) is 1. The Hall–Kier alpha value is -2.47. The molecule has 128 valence electrons. The molecule has 0 unspecified atom stereocenters. The lowest BCUT2D eigenvalue weighted by Crippen LogP contribution is -2.38. The molecule has 0 bridgehead atoms. The molecule has 1 N–H and O–H groups in total. The Labute approximate surface area is 149 Å². The number of rotatable bonds is 4. The predicted molar refractivity (Wildman–Crippen MR) is 99.7 cm³/mol. The van der Waals surface area contributed by atoms with E-state index in [1.165, 1.54) is 4.68 Å². The number of thiophene rings is 1. The number of carbonyl (C=O) groups excluding carboxylic acids is 1. The molecule has 2 aromatic heterocycles. The third-order valence-electron chi connectivity index (χ3n) is 4.64. The van der Waals surface area contributed by atoms with Crippen molar-refractivity contribution >= 4 is 28.0 Å². The van der Waals surface area contributed by atoms with Gasteiger partial charge in [0.15, 0.2) is 0 Å². The van der Waals surface area contributed by atoms with Gasteiger partial charge in [0.25, 0.3) is 5.56 Å². The molecule has 0 saturated heterocycles. The fourth-order valence-corrected chi connectivity index (χ4v) is 4.14. The number of amides is 1. The van der Waals surface area contributed by atoms with Crippen molar-refractivity contribution in [1.82, 2.24) is 15.1 Å². The minimum absolute atomic E-state index is 0.0431. The summed E-state index contributed by atoms with van der Waals surface area (Å²) >= 11 is 1.57. The molecule has 1 aliphatic rings. The predicted octanol–water partition coefficient (Wildman–Crippen LogP) is 3.18. The Morgan fingerprint density at radius 3 is 2.64 bits per heavy atom. The molecule has 5 nitrogen and oxygen atoms in total. The summed E-state index contributed by atoms with van der Waals surface area (Å²) in [5.41, 5.74) is 0.524. The molecule has 1 amide bonds. The zero-order chi connectivity index (χ0) is 17.2. The molecular weight excluding hydrogens is 334 g/mol. The molecule has 6 heteroatoms. The lowest BCUT2D eigenvalue weighted by Gasteiger charge is -2.13. The normalized spacial score (nSPS) is 14.9. The molecule has 0 atom stereocenters. The molecule has 2 heterocycles. The highest BCUT2D eigenvalue weighted by molar-refractivity contribution is 7.13. The van der Waals surface area contributed by atoms with Gasteiger partial charge in [-0.15, -0.1) is 11.3 Å². The van der Waals surface area contributed by atoms with Gasteiger partial charge in [-0.1, -0.05) is 37.1 Å². The Balaban J connectivity index is 1.72. The van der Waals surface area contributed by atoms with E-state index >= 15 is 0 Å². The monoisotopic (exact) mass is 353 g/mol. The first-order valence-electron chi connectivity index (χ1n) is 8.55. The first kappa shape index (κ1) is 16.0. The van der Waals surface area contributed by atoms with E-state index in [1.54, 1.807) is 17.4 Å². The van der Waals surface area contributed by atoms with Crippen molar-refractivity contribution < 1.29 is 4.79 Å². The number of aromatic nitrogens is 2. The van der Waals surface area contributed by atoms with Gasteiger partial charge >= 0.3 is 0 Å². The van der Waals surface area contributed by atoms with Crippen molar-refractivity contribution in [2.45, 2.75) is 38.3 Å². The number of hydrogen-bond donors (Lipinski definition) is 1. The van der Waals surface area contributed by atoms with Crippen molar-refractivity contribution in [1.29, 1.82) is 0 Å². The number of benzene rings is 1. The van der Waals surface area contributed by atoms with Crippen molar-refractivity contribution in [2.24, 2.45) is 0 Å². The maximum absolute atomic E-state index is 12.7. The number of carbonyl (C=O) groups is 1. The third-order valence-corrected chi connectivity index (χ3v) is 5.51. The average Bonchev–Trinajstić information content (AvgIpc) is 3.31. The number of fused-ring (bicyclic) bond motifs is 1. The highest BCUT2D eigenvalue weighted by Crippen LogP contribution is 2.28. The fraction of sp³-hybridized carbons (Fsp3) is 0.316. The first-order valence-corrected chi connectivity index (χ1v) is 9.43. The molecule has 4 rings (SSSR count). The lowest BCUT2D eigenvalue weighted by molar-refractivity contribution is -0.122. The molecule has 0 radical (unpaired) electrons. The van der Waals surface area contributed by atoms with Crippen LogP contribution < -0.4 is 10.9 Å². The number of hydrogen-bond acceptors (Lipinski definition) is 4. The summed E-state index contributed by atoms with van der Waals surface area (Å²) in [5.74, 6) is -0.145. The summed E-state index contributed by atoms with van der Waals surface area (Å²) in [4.78, 5) is 26.1. The van der Waals surface area contributed by atoms with Gasteiger partial charge < -0.3 is 5.32 Å². The highest BCUT2D eigenvalue weighted by atomic mass is 32.1. The van der Waals surface area contributed by atoms with Crippen molar-refractivity contribution in [2.75, 3.05) is 0 Å². The van der Waals surface area contributed by atoms with Crippen molar-refractivity contribution in [3.8, 4) is 10.6 Å². The summed E-state index contributed by atoms with van der Waals surface area (Å²) in [7, 11) is 0. The van der Waals surface area contributed by atoms with E-state index in [-0.39, 0.29) is 24.1 Å². The van der Waals surface area contributed by atoms with Gasteiger partial charge in [-0.2, -0.15) is 5.10 Å². The van der Waals surface area contributed by atoms with E-state index in [0.717, 1.165) is 41.6 Å². The van der Waals surface area contributed by atoms with Gasteiger partial charge in [0.05, 0.1) is 10.3 Å². The minimum atomic E-state index is -0.225. The van der Waals surface area contributed by atoms with Crippen LogP contribution in [0.4, 0.5) is 0 Å². The lowest BCUT2D eigenvalue weighted by atomic mass is 10.1. The van der Waals surface area contributed by atoms with Gasteiger partial charge in [-0.3, -0.25) is 9.59 Å². The number of nitrogens with zero attached hydrogens (tertiary/aromatic N) is 2. The van der Waals surface area contributed by atoms with Crippen LogP contribution >= 0.6 is 11.3 Å². The zero-order valence-electron chi connectivity index (χ0n) is 13.8. The molecule has 1 aromatic carbocycles. The van der Waals surface area contributed by atoms with Gasteiger partial charge in [0.2, 0.25) is 5.91 Å². The van der Waals surface area contributed by atoms with Crippen LogP contribution in [-0.4, -0.2) is 21.7 Å². The van der Waals surface area contributed by atoms with E-state index in [1.807, 2.05) is 35.7 Å². The average molecular weight is 353 g/mol. The topological polar surface area (TPSA) is 64.0 Å². The minimum Gasteiger partial charge on any atom is -0.352 e. The van der Waals surface area contributed by atoms with Gasteiger partial charge in [0, 0.05) is 11.4 Å². The summed E-state index contributed by atoms with van der Waals surface area (Å²) in [5, 5.41) is 10.9. The van der Waals surface area contributed by atoms with E-state index < -0.39 is 0 Å². The summed E-state index contributed by atoms with van der Waals surface area (Å²) in [6.45, 7) is -0.0431. The Kier molecular flexibility index (Phi) is 4.36. The summed E-state index contributed by atoms with van der Waals surface area (Å²) in [6.07, 6.45) is 4.35. The Morgan fingerprint density at radius 2 is 1.92 bits per heavy atom. The van der Waals surface area contributed by atoms with E-state index in [2.05, 4.69) is 10.4 Å². The Morgan fingerprint density at radius 1 is 1.16 bits per heavy atom. The molecule has 3 aromatic rings. The Bertz CT molecular complexity index is 956. The molecule has 25 heavy (non-hydrogen) atoms. The van der Waals surface area contributed by atoms with E-state index in [9.17, 15) is 9.59 Å². The molecular formula is C19H19N3O2S. The molecule has 0 spiro atoms. The summed E-state index contributed by atoms with van der Waals surface area (Å²) in [6, 6.07) is 11.6. The van der Waals surface area contributed by atoms with Crippen LogP contribution in [0.25, 0.3) is 21.3 Å². The van der Waals surface area contributed by atoms with Crippen LogP contribution in [0, 0.1) is 0 Å². The zero-order valence-corrected chi connectivity index (χ0v) is 14.6. The van der Waals surface area contributed by atoms with Crippen molar-refractivity contribution in [3.05, 3.63) is 52.1 Å². The van der Waals surface area contributed by atoms with E-state index in [0.29, 0.717) is 5.39 Å². The first-order chi connectivity index (χ1) is 12.2. The molecule has 1 aliphatic carbocycles. The maximum atomic E-state index is 12.7. The second kappa shape index (κ2) is 6.80. The smallest absolute Gasteiger partial charge is 0.275 e. The SMILES string of the molecule is O=C(Cn1nc(-c2cccs2)c2ccccc2c1=O)NC1CCCC1. The standard InChI is InChI=1S/C19H19N3O2S/c23-17(20-13-6-1-2-7-13)12-22-19(24)15-9-4-3-8-14(15)18(21-22)16-10-5-11-25-16/h3-5,8-11,13H,1-2,6-7,12H2,(H,20,23). The fourth-order valence-electron chi connectivity index (χ4n) is 3.42. The van der Waals surface area contributed by atoms with Crippen LogP contribution in [-0.2, 0) is 11.3 Å². The van der Waals surface area contributed by atoms with Crippen LogP contribution in [0.1, 0.15) is 25.7 Å². The van der Waals surface area contributed by atoms with E-state index in [4.69, 9.17) is 0 Å². The van der Waals surface area contributed by atoms with Gasteiger partial charge in [0.1, 0.15) is 12.2 Å². The molecule has 1 saturated carbocycles. The third kappa shape index (κ3) is 3.22. The maximum Gasteiger partial charge on any atom is 0.275 e. The van der Waals surface area contributed by atoms with Crippen LogP contribution in [0.15, 0.2) is 46.6 Å². The highest BCUT2D eigenvalue weighted by Gasteiger charge is 2.19. The van der Waals surface area contributed by atoms with Crippen LogP contribution in [0.5, 0.6) is 0 Å².